The fourth-order valence-corrected chi connectivity index (χ4v) is 1.43. The summed E-state index contributed by atoms with van der Waals surface area (Å²) in [4.78, 5) is 23.0. The number of Topliss-reactive ketones (excluding diaryl/α,β-unsaturated/α-hetero) is 1. The number of carbonyl (C=O) groups excluding carboxylic acids is 2. The van der Waals surface area contributed by atoms with Gasteiger partial charge in [-0.05, 0) is 11.8 Å². The minimum absolute atomic E-state index is 0.00806. The van der Waals surface area contributed by atoms with Crippen LogP contribution >= 0.6 is 0 Å². The zero-order valence-corrected chi connectivity index (χ0v) is 9.66. The van der Waals surface area contributed by atoms with Crippen molar-refractivity contribution in [1.29, 1.82) is 0 Å². The average Bonchev–Trinajstić information content (AvgIpc) is 2.01. The summed E-state index contributed by atoms with van der Waals surface area (Å²) in [5, 5.41) is 0. The normalized spacial score (nSPS) is 13.1. The van der Waals surface area contributed by atoms with E-state index < -0.39 is 11.9 Å². The summed E-state index contributed by atoms with van der Waals surface area (Å²) in [6.45, 7) is 7.65. The van der Waals surface area contributed by atoms with Crippen LogP contribution in [-0.2, 0) is 14.3 Å². The van der Waals surface area contributed by atoms with Gasteiger partial charge in [-0.1, -0.05) is 27.7 Å². The molecule has 0 bridgehead atoms. The molecule has 0 amide bonds. The number of ketones is 1. The van der Waals surface area contributed by atoms with Crippen molar-refractivity contribution in [2.24, 2.45) is 17.8 Å². The Kier molecular flexibility index (Phi) is 5.43. The van der Waals surface area contributed by atoms with Gasteiger partial charge in [0, 0.05) is 6.42 Å². The first-order valence-corrected chi connectivity index (χ1v) is 5.00. The largest absolute Gasteiger partial charge is 0.468 e. The van der Waals surface area contributed by atoms with Crippen molar-refractivity contribution in [3.63, 3.8) is 0 Å². The Morgan fingerprint density at radius 1 is 1.14 bits per heavy atom. The minimum atomic E-state index is -0.595. The highest BCUT2D eigenvalue weighted by atomic mass is 16.5. The molecule has 3 heteroatoms. The van der Waals surface area contributed by atoms with Crippen molar-refractivity contribution in [2.75, 3.05) is 7.11 Å². The predicted molar refractivity (Wildman–Crippen MR) is 54.8 cm³/mol. The van der Waals surface area contributed by atoms with E-state index in [1.165, 1.54) is 7.11 Å². The van der Waals surface area contributed by atoms with Crippen molar-refractivity contribution in [2.45, 2.75) is 34.1 Å². The van der Waals surface area contributed by atoms with Crippen LogP contribution in [0.5, 0.6) is 0 Å². The number of methoxy groups -OCH3 is 1. The van der Waals surface area contributed by atoms with E-state index >= 15 is 0 Å². The fourth-order valence-electron chi connectivity index (χ4n) is 1.43. The average molecular weight is 200 g/mol. The van der Waals surface area contributed by atoms with Crippen LogP contribution in [0, 0.1) is 17.8 Å². The first-order chi connectivity index (χ1) is 6.40. The molecule has 3 nitrogen and oxygen atoms in total. The number of rotatable bonds is 5. The highest BCUT2D eigenvalue weighted by Crippen LogP contribution is 2.18. The quantitative estimate of drug-likeness (QED) is 0.504. The second-order valence-corrected chi connectivity index (χ2v) is 4.31. The van der Waals surface area contributed by atoms with Gasteiger partial charge in [0.2, 0.25) is 0 Å². The Balaban J connectivity index is 4.50. The van der Waals surface area contributed by atoms with Crippen LogP contribution in [0.15, 0.2) is 0 Å². The summed E-state index contributed by atoms with van der Waals surface area (Å²) < 4.78 is 4.62. The standard InChI is InChI=1S/C11H20O3/c1-7(2)6-9(12)10(8(3)4)11(13)14-5/h7-8,10H,6H2,1-5H3. The summed E-state index contributed by atoms with van der Waals surface area (Å²) >= 11 is 0. The molecule has 0 rings (SSSR count). The molecule has 0 aliphatic heterocycles. The first kappa shape index (κ1) is 13.1. The van der Waals surface area contributed by atoms with E-state index in [1.807, 2.05) is 27.7 Å². The van der Waals surface area contributed by atoms with Gasteiger partial charge < -0.3 is 4.74 Å². The fraction of sp³-hybridized carbons (Fsp3) is 0.818. The van der Waals surface area contributed by atoms with Gasteiger partial charge >= 0.3 is 5.97 Å². The predicted octanol–water partition coefficient (Wildman–Crippen LogP) is 2.05. The van der Waals surface area contributed by atoms with E-state index in [2.05, 4.69) is 4.74 Å². The van der Waals surface area contributed by atoms with E-state index in [0.29, 0.717) is 6.42 Å². The summed E-state index contributed by atoms with van der Waals surface area (Å²) in [6.07, 6.45) is 0.442. The van der Waals surface area contributed by atoms with Gasteiger partial charge in [-0.2, -0.15) is 0 Å². The van der Waals surface area contributed by atoms with Crippen molar-refractivity contribution in [3.05, 3.63) is 0 Å². The molecule has 14 heavy (non-hydrogen) atoms. The van der Waals surface area contributed by atoms with Gasteiger partial charge in [0.05, 0.1) is 7.11 Å². The van der Waals surface area contributed by atoms with Crippen molar-refractivity contribution < 1.29 is 14.3 Å². The maximum atomic E-state index is 11.7. The molecule has 0 saturated heterocycles. The zero-order chi connectivity index (χ0) is 11.3. The van der Waals surface area contributed by atoms with Crippen molar-refractivity contribution in [3.8, 4) is 0 Å². The van der Waals surface area contributed by atoms with E-state index in [0.717, 1.165) is 0 Å². The van der Waals surface area contributed by atoms with Crippen LogP contribution in [0.1, 0.15) is 34.1 Å². The van der Waals surface area contributed by atoms with Crippen LogP contribution < -0.4 is 0 Å². The Hall–Kier alpha value is -0.860. The molecule has 0 saturated carbocycles. The number of ether oxygens (including phenoxy) is 1. The smallest absolute Gasteiger partial charge is 0.316 e. The van der Waals surface area contributed by atoms with E-state index in [4.69, 9.17) is 0 Å². The molecular weight excluding hydrogens is 180 g/mol. The van der Waals surface area contributed by atoms with Gasteiger partial charge in [-0.25, -0.2) is 0 Å². The molecule has 0 aliphatic carbocycles. The SMILES string of the molecule is COC(=O)C(C(=O)CC(C)C)C(C)C. The molecule has 82 valence electrons. The molecule has 0 aromatic rings. The number of hydrogen-bond acceptors (Lipinski definition) is 3. The monoisotopic (exact) mass is 200 g/mol. The summed E-state index contributed by atoms with van der Waals surface area (Å²) in [6, 6.07) is 0. The van der Waals surface area contributed by atoms with Crippen molar-refractivity contribution in [1.82, 2.24) is 0 Å². The lowest BCUT2D eigenvalue weighted by atomic mass is 9.87. The van der Waals surface area contributed by atoms with Gasteiger partial charge in [0.25, 0.3) is 0 Å². The van der Waals surface area contributed by atoms with Gasteiger partial charge in [0.15, 0.2) is 0 Å². The molecule has 0 aromatic carbocycles. The maximum absolute atomic E-state index is 11.7. The zero-order valence-electron chi connectivity index (χ0n) is 9.66. The third-order valence-corrected chi connectivity index (χ3v) is 2.08. The Bertz CT molecular complexity index is 207. The van der Waals surface area contributed by atoms with Crippen LogP contribution in [0.4, 0.5) is 0 Å². The maximum Gasteiger partial charge on any atom is 0.316 e. The molecule has 1 unspecified atom stereocenters. The van der Waals surface area contributed by atoms with Gasteiger partial charge in [-0.15, -0.1) is 0 Å². The number of esters is 1. The highest BCUT2D eigenvalue weighted by molar-refractivity contribution is 5.99. The second kappa shape index (κ2) is 5.78. The van der Waals surface area contributed by atoms with Gasteiger partial charge in [0.1, 0.15) is 11.7 Å². The molecule has 0 heterocycles. The van der Waals surface area contributed by atoms with Crippen LogP contribution in [0.25, 0.3) is 0 Å². The lowest BCUT2D eigenvalue weighted by Crippen LogP contribution is -2.30. The molecule has 0 radical (unpaired) electrons. The second-order valence-electron chi connectivity index (χ2n) is 4.31. The summed E-state index contributed by atoms with van der Waals surface area (Å²) in [5.74, 6) is -0.725. The minimum Gasteiger partial charge on any atom is -0.468 e. The van der Waals surface area contributed by atoms with Crippen LogP contribution in [-0.4, -0.2) is 18.9 Å². The topological polar surface area (TPSA) is 43.4 Å². The Morgan fingerprint density at radius 3 is 1.93 bits per heavy atom. The van der Waals surface area contributed by atoms with Crippen molar-refractivity contribution >= 4 is 11.8 Å². The summed E-state index contributed by atoms with van der Waals surface area (Å²) in [7, 11) is 1.32. The Labute approximate surface area is 85.8 Å². The lowest BCUT2D eigenvalue weighted by Gasteiger charge is -2.17. The Morgan fingerprint density at radius 2 is 1.64 bits per heavy atom. The molecule has 0 aromatic heterocycles. The molecule has 0 spiro atoms. The molecule has 0 aliphatic rings. The molecule has 0 fully saturated rings. The van der Waals surface area contributed by atoms with Crippen LogP contribution in [0.2, 0.25) is 0 Å². The van der Waals surface area contributed by atoms with Gasteiger partial charge in [-0.3, -0.25) is 9.59 Å². The molecule has 1 atom stereocenters. The molecular formula is C11H20O3. The van der Waals surface area contributed by atoms with E-state index in [9.17, 15) is 9.59 Å². The van der Waals surface area contributed by atoms with E-state index in [-0.39, 0.29) is 17.6 Å². The highest BCUT2D eigenvalue weighted by Gasteiger charge is 2.30. The number of hydrogen-bond donors (Lipinski definition) is 0. The third kappa shape index (κ3) is 3.90. The molecule has 0 N–H and O–H groups in total. The first-order valence-electron chi connectivity index (χ1n) is 5.00. The van der Waals surface area contributed by atoms with Crippen LogP contribution in [0.3, 0.4) is 0 Å². The third-order valence-electron chi connectivity index (χ3n) is 2.08. The van der Waals surface area contributed by atoms with E-state index in [1.54, 1.807) is 0 Å². The lowest BCUT2D eigenvalue weighted by molar-refractivity contribution is -0.151. The number of carbonyl (C=O) groups is 2. The summed E-state index contributed by atoms with van der Waals surface area (Å²) in [5.41, 5.74) is 0.